The molecular weight excluding hydrogens is 341 g/mol. The second kappa shape index (κ2) is 6.78. The minimum atomic E-state index is -0.682. The summed E-state index contributed by atoms with van der Waals surface area (Å²) >= 11 is 0. The van der Waals surface area contributed by atoms with E-state index < -0.39 is 23.1 Å². The standard InChI is InChI=1S/C18H20FN3O4/c1-3-26-17(24)14(20)13-15(16(23)21-9-18(13)6-7-18)22-12-5-4-10(25-2)8-11(12)19/h4-5,8H,3,6-7,9,20H2,1-2H3,(H,21,23)/p+1. The number of amides is 1. The molecule has 1 saturated heterocycles. The summed E-state index contributed by atoms with van der Waals surface area (Å²) in [6.45, 7) is 2.23. The van der Waals surface area contributed by atoms with Crippen LogP contribution < -0.4 is 20.8 Å². The molecule has 0 unspecified atom stereocenters. The number of carbonyl (C=O) groups excluding carboxylic acids is 2. The van der Waals surface area contributed by atoms with Gasteiger partial charge in [-0.3, -0.25) is 4.79 Å². The Labute approximate surface area is 150 Å². The summed E-state index contributed by atoms with van der Waals surface area (Å²) in [7, 11) is 1.43. The Balaban J connectivity index is 2.11. The number of ether oxygens (including phenoxy) is 2. The molecule has 1 aromatic rings. The molecule has 3 rings (SSSR count). The van der Waals surface area contributed by atoms with Gasteiger partial charge in [-0.1, -0.05) is 0 Å². The maximum atomic E-state index is 14.3. The molecule has 1 amide bonds. The van der Waals surface area contributed by atoms with E-state index in [1.807, 2.05) is 0 Å². The van der Waals surface area contributed by atoms with Gasteiger partial charge < -0.3 is 20.5 Å². The normalized spacial score (nSPS) is 21.3. The summed E-state index contributed by atoms with van der Waals surface area (Å²) in [5.41, 5.74) is 6.07. The van der Waals surface area contributed by atoms with Crippen LogP contribution in [0.3, 0.4) is 0 Å². The molecule has 1 saturated carbocycles. The molecule has 4 N–H and O–H groups in total. The molecule has 0 bridgehead atoms. The van der Waals surface area contributed by atoms with E-state index in [2.05, 4.69) is 10.3 Å². The summed E-state index contributed by atoms with van der Waals surface area (Å²) < 4.78 is 24.3. The zero-order valence-electron chi connectivity index (χ0n) is 14.6. The van der Waals surface area contributed by atoms with Gasteiger partial charge in [-0.15, -0.1) is 0 Å². The second-order valence-corrected chi connectivity index (χ2v) is 6.32. The Kier molecular flexibility index (Phi) is 4.67. The highest BCUT2D eigenvalue weighted by atomic mass is 19.1. The van der Waals surface area contributed by atoms with Gasteiger partial charge in [0.25, 0.3) is 5.71 Å². The number of esters is 1. The molecule has 1 aromatic carbocycles. The summed E-state index contributed by atoms with van der Waals surface area (Å²) in [5.74, 6) is -1.36. The van der Waals surface area contributed by atoms with Crippen molar-refractivity contribution in [3.8, 4) is 5.75 Å². The molecule has 7 nitrogen and oxygen atoms in total. The number of nitrogens with two attached hydrogens (primary N) is 1. The summed E-state index contributed by atoms with van der Waals surface area (Å²) in [5, 5.41) is 2.78. The minimum Gasteiger partial charge on any atom is -0.497 e. The van der Waals surface area contributed by atoms with E-state index >= 15 is 0 Å². The van der Waals surface area contributed by atoms with Crippen LogP contribution in [0.15, 0.2) is 29.5 Å². The van der Waals surface area contributed by atoms with Gasteiger partial charge in [0, 0.05) is 24.1 Å². The van der Waals surface area contributed by atoms with Crippen LogP contribution in [0.5, 0.6) is 5.75 Å². The van der Waals surface area contributed by atoms with E-state index in [4.69, 9.17) is 15.2 Å². The monoisotopic (exact) mass is 362 g/mol. The largest absolute Gasteiger partial charge is 0.497 e. The third-order valence-corrected chi connectivity index (χ3v) is 4.65. The van der Waals surface area contributed by atoms with Crippen LogP contribution in [-0.2, 0) is 14.3 Å². The van der Waals surface area contributed by atoms with Crippen LogP contribution in [0, 0.1) is 11.2 Å². The van der Waals surface area contributed by atoms with Gasteiger partial charge in [-0.2, -0.15) is 9.38 Å². The zero-order valence-corrected chi connectivity index (χ0v) is 14.6. The van der Waals surface area contributed by atoms with Gasteiger partial charge in [0.2, 0.25) is 5.69 Å². The van der Waals surface area contributed by atoms with Gasteiger partial charge >= 0.3 is 11.9 Å². The van der Waals surface area contributed by atoms with Crippen LogP contribution in [0.2, 0.25) is 0 Å². The Bertz CT molecular complexity index is 828. The first-order valence-corrected chi connectivity index (χ1v) is 8.35. The molecule has 1 heterocycles. The molecule has 1 aliphatic carbocycles. The number of hydrogen-bond donors (Lipinski definition) is 3. The number of nitrogens with one attached hydrogen (secondary N) is 2. The number of benzene rings is 1. The lowest BCUT2D eigenvalue weighted by Gasteiger charge is -2.25. The predicted molar refractivity (Wildman–Crippen MR) is 91.1 cm³/mol. The van der Waals surface area contributed by atoms with E-state index in [9.17, 15) is 14.0 Å². The second-order valence-electron chi connectivity index (χ2n) is 6.32. The Morgan fingerprint density at radius 2 is 2.15 bits per heavy atom. The van der Waals surface area contributed by atoms with Crippen LogP contribution >= 0.6 is 0 Å². The van der Waals surface area contributed by atoms with Crippen molar-refractivity contribution in [2.45, 2.75) is 19.8 Å². The third kappa shape index (κ3) is 3.14. The fourth-order valence-corrected chi connectivity index (χ4v) is 3.09. The van der Waals surface area contributed by atoms with Gasteiger partial charge in [-0.05, 0) is 25.8 Å². The topological polar surface area (TPSA) is 105 Å². The van der Waals surface area contributed by atoms with Crippen LogP contribution in [0.4, 0.5) is 10.1 Å². The Morgan fingerprint density at radius 1 is 1.42 bits per heavy atom. The van der Waals surface area contributed by atoms with Gasteiger partial charge in [0.05, 0.1) is 19.3 Å². The highest BCUT2D eigenvalue weighted by molar-refractivity contribution is 6.45. The van der Waals surface area contributed by atoms with Gasteiger partial charge in [0.15, 0.2) is 5.82 Å². The smallest absolute Gasteiger partial charge is 0.354 e. The molecular formula is C18H21FN3O4+. The molecule has 26 heavy (non-hydrogen) atoms. The zero-order chi connectivity index (χ0) is 18.9. The van der Waals surface area contributed by atoms with E-state index in [0.29, 0.717) is 17.9 Å². The molecule has 0 aromatic heterocycles. The Hall–Kier alpha value is -2.90. The number of methoxy groups -OCH3 is 1. The maximum absolute atomic E-state index is 14.3. The molecule has 2 aliphatic rings. The van der Waals surface area contributed by atoms with E-state index in [1.54, 1.807) is 13.0 Å². The van der Waals surface area contributed by atoms with Crippen LogP contribution in [0.1, 0.15) is 19.8 Å². The summed E-state index contributed by atoms with van der Waals surface area (Å²) in [6.07, 6.45) is 1.55. The van der Waals surface area contributed by atoms with Gasteiger partial charge in [-0.25, -0.2) is 4.79 Å². The van der Waals surface area contributed by atoms with Crippen molar-refractivity contribution in [3.63, 3.8) is 0 Å². The van der Waals surface area contributed by atoms with Crippen molar-refractivity contribution in [1.82, 2.24) is 5.32 Å². The van der Waals surface area contributed by atoms with Crippen molar-refractivity contribution >= 4 is 23.3 Å². The molecule has 138 valence electrons. The first kappa shape index (κ1) is 17.9. The number of hydrogen-bond acceptors (Lipinski definition) is 5. The summed E-state index contributed by atoms with van der Waals surface area (Å²) in [6, 6.07) is 4.23. The first-order valence-electron chi connectivity index (χ1n) is 8.35. The average Bonchev–Trinajstić information content (AvgIpc) is 3.40. The Morgan fingerprint density at radius 3 is 2.73 bits per heavy atom. The average molecular weight is 362 g/mol. The third-order valence-electron chi connectivity index (χ3n) is 4.65. The number of carbonyl (C=O) groups is 2. The molecule has 8 heteroatoms. The van der Waals surface area contributed by atoms with Crippen molar-refractivity contribution in [2.24, 2.45) is 11.1 Å². The molecule has 1 aliphatic heterocycles. The number of piperidine rings is 1. The molecule has 2 fully saturated rings. The molecule has 0 radical (unpaired) electrons. The lowest BCUT2D eigenvalue weighted by Crippen LogP contribution is -2.73. The van der Waals surface area contributed by atoms with E-state index in [0.717, 1.165) is 12.8 Å². The lowest BCUT2D eigenvalue weighted by molar-refractivity contribution is -0.356. The van der Waals surface area contributed by atoms with Crippen LogP contribution in [0.25, 0.3) is 0 Å². The predicted octanol–water partition coefficient (Wildman–Crippen LogP) is -0.327. The highest BCUT2D eigenvalue weighted by Crippen LogP contribution is 2.53. The van der Waals surface area contributed by atoms with Crippen LogP contribution in [-0.4, -0.2) is 37.8 Å². The van der Waals surface area contributed by atoms with E-state index in [1.165, 1.54) is 19.2 Å². The molecule has 1 spiro atoms. The van der Waals surface area contributed by atoms with Gasteiger partial charge in [0.1, 0.15) is 11.4 Å². The minimum absolute atomic E-state index is 0.0726. The van der Waals surface area contributed by atoms with Crippen molar-refractivity contribution < 1.29 is 28.4 Å². The fraction of sp³-hybridized carbons (Fsp3) is 0.389. The first-order chi connectivity index (χ1) is 12.4. The summed E-state index contributed by atoms with van der Waals surface area (Å²) in [4.78, 5) is 27.4. The quantitative estimate of drug-likeness (QED) is 0.503. The highest BCUT2D eigenvalue weighted by Gasteiger charge is 2.56. The fourth-order valence-electron chi connectivity index (χ4n) is 3.09. The lowest BCUT2D eigenvalue weighted by atomic mass is 9.86. The number of rotatable bonds is 4. The molecule has 0 atom stereocenters. The SMILES string of the molecule is CCOC(=O)C(N)=C1C(=[NH+]c2ccc(OC)cc2F)C(=O)NCC12CC2. The van der Waals surface area contributed by atoms with Crippen molar-refractivity contribution in [1.29, 1.82) is 0 Å². The van der Waals surface area contributed by atoms with Crippen molar-refractivity contribution in [3.05, 3.63) is 35.3 Å². The van der Waals surface area contributed by atoms with E-state index in [-0.39, 0.29) is 23.7 Å². The van der Waals surface area contributed by atoms with Crippen molar-refractivity contribution in [2.75, 3.05) is 20.3 Å². The number of halogens is 1. The maximum Gasteiger partial charge on any atom is 0.354 e.